The first-order valence-corrected chi connectivity index (χ1v) is 10.4. The van der Waals surface area contributed by atoms with E-state index in [4.69, 9.17) is 0 Å². The Balaban J connectivity index is 1.36. The second kappa shape index (κ2) is 6.79. The summed E-state index contributed by atoms with van der Waals surface area (Å²) in [6.45, 7) is 0. The number of nitrogens with zero attached hydrogens (tertiary/aromatic N) is 5. The number of amides is 1. The minimum Gasteiger partial charge on any atom is -0.272 e. The number of rotatable bonds is 4. The van der Waals surface area contributed by atoms with Crippen molar-refractivity contribution in [2.45, 2.75) is 17.6 Å². The summed E-state index contributed by atoms with van der Waals surface area (Å²) in [6.07, 6.45) is 2.55. The van der Waals surface area contributed by atoms with Gasteiger partial charge in [-0.15, -0.1) is 10.2 Å². The van der Waals surface area contributed by atoms with Gasteiger partial charge < -0.3 is 0 Å². The smallest absolute Gasteiger partial charge is 0.253 e. The van der Waals surface area contributed by atoms with Crippen molar-refractivity contribution in [3.8, 4) is 0 Å². The summed E-state index contributed by atoms with van der Waals surface area (Å²) in [5.74, 6) is 0.241. The molecule has 0 aliphatic carbocycles. The van der Waals surface area contributed by atoms with E-state index in [9.17, 15) is 4.79 Å². The van der Waals surface area contributed by atoms with Gasteiger partial charge in [0.2, 0.25) is 4.96 Å². The van der Waals surface area contributed by atoms with Gasteiger partial charge in [0.15, 0.2) is 5.16 Å². The molecule has 0 fully saturated rings. The maximum atomic E-state index is 12.8. The van der Waals surface area contributed by atoms with Gasteiger partial charge in [-0.1, -0.05) is 65.6 Å². The molecule has 5 rings (SSSR count). The number of thiazole rings is 1. The highest BCUT2D eigenvalue weighted by Gasteiger charge is 2.28. The van der Waals surface area contributed by atoms with Crippen LogP contribution in [0.5, 0.6) is 0 Å². The van der Waals surface area contributed by atoms with E-state index in [0.29, 0.717) is 0 Å². The van der Waals surface area contributed by atoms with Gasteiger partial charge in [0.05, 0.1) is 22.0 Å². The monoisotopic (exact) mass is 393 g/mol. The number of carbonyl (C=O) groups is 1. The van der Waals surface area contributed by atoms with Crippen molar-refractivity contribution in [3.05, 3.63) is 60.2 Å². The molecule has 27 heavy (non-hydrogen) atoms. The average molecular weight is 393 g/mol. The fourth-order valence-electron chi connectivity index (χ4n) is 3.25. The zero-order valence-corrected chi connectivity index (χ0v) is 15.9. The quantitative estimate of drug-likeness (QED) is 0.492. The van der Waals surface area contributed by atoms with E-state index in [1.165, 1.54) is 11.8 Å². The predicted molar refractivity (Wildman–Crippen MR) is 108 cm³/mol. The number of aromatic nitrogens is 3. The lowest BCUT2D eigenvalue weighted by atomic mass is 10.0. The Bertz CT molecular complexity index is 1150. The van der Waals surface area contributed by atoms with Crippen LogP contribution in [0.1, 0.15) is 18.0 Å². The van der Waals surface area contributed by atoms with Crippen LogP contribution in [0, 0.1) is 0 Å². The lowest BCUT2D eigenvalue weighted by Crippen LogP contribution is -2.28. The fourth-order valence-corrected chi connectivity index (χ4v) is 5.07. The normalized spacial score (nSPS) is 16.6. The number of hydrazone groups is 1. The van der Waals surface area contributed by atoms with E-state index >= 15 is 0 Å². The lowest BCUT2D eigenvalue weighted by Gasteiger charge is -2.21. The molecule has 0 N–H and O–H groups in total. The highest BCUT2D eigenvalue weighted by atomic mass is 32.2. The van der Waals surface area contributed by atoms with Crippen molar-refractivity contribution in [1.82, 2.24) is 19.6 Å². The largest absolute Gasteiger partial charge is 0.272 e. The van der Waals surface area contributed by atoms with Gasteiger partial charge in [0.1, 0.15) is 0 Å². The van der Waals surface area contributed by atoms with Crippen LogP contribution in [0.4, 0.5) is 0 Å². The van der Waals surface area contributed by atoms with Crippen LogP contribution in [0.25, 0.3) is 15.2 Å². The van der Waals surface area contributed by atoms with Crippen LogP contribution >= 0.6 is 23.1 Å². The highest BCUT2D eigenvalue weighted by Crippen LogP contribution is 2.31. The Morgan fingerprint density at radius 3 is 2.81 bits per heavy atom. The first-order chi connectivity index (χ1) is 13.3. The number of thioether (sulfide) groups is 1. The lowest BCUT2D eigenvalue weighted by molar-refractivity contribution is -0.130. The molecular weight excluding hydrogens is 378 g/mol. The number of hydrogen-bond acceptors (Lipinski definition) is 6. The van der Waals surface area contributed by atoms with E-state index in [0.717, 1.165) is 32.3 Å². The average Bonchev–Trinajstić information content (AvgIpc) is 3.42. The van der Waals surface area contributed by atoms with Crippen LogP contribution in [0.15, 0.2) is 64.9 Å². The summed E-state index contributed by atoms with van der Waals surface area (Å²) in [6, 6.07) is 18.1. The van der Waals surface area contributed by atoms with Crippen LogP contribution in [0.3, 0.4) is 0 Å². The standard InChI is InChI=1S/C19H15N5OS2/c25-17(24-14(10-11-20-24)13-6-2-1-3-7-13)12-26-18-21-22-19-23(18)15-8-4-5-9-16(15)27-19/h1-9,11,14H,10,12H2. The van der Waals surface area contributed by atoms with Gasteiger partial charge >= 0.3 is 0 Å². The van der Waals surface area contributed by atoms with Gasteiger partial charge in [0.25, 0.3) is 5.91 Å². The molecule has 0 radical (unpaired) electrons. The number of carbonyl (C=O) groups excluding carboxylic acids is 1. The summed E-state index contributed by atoms with van der Waals surface area (Å²) in [5.41, 5.74) is 2.17. The molecule has 4 aromatic rings. The molecule has 1 aliphatic rings. The van der Waals surface area contributed by atoms with Crippen molar-refractivity contribution < 1.29 is 4.79 Å². The molecule has 134 valence electrons. The Labute approximate surface area is 163 Å². The minimum absolute atomic E-state index is 0.0281. The summed E-state index contributed by atoms with van der Waals surface area (Å²) >= 11 is 3.00. The molecule has 1 unspecified atom stereocenters. The van der Waals surface area contributed by atoms with Crippen LogP contribution in [0.2, 0.25) is 0 Å². The maximum Gasteiger partial charge on any atom is 0.253 e. The van der Waals surface area contributed by atoms with E-state index in [-0.39, 0.29) is 17.7 Å². The first-order valence-electron chi connectivity index (χ1n) is 8.56. The summed E-state index contributed by atoms with van der Waals surface area (Å²) in [4.78, 5) is 13.6. The predicted octanol–water partition coefficient (Wildman–Crippen LogP) is 4.00. The summed E-state index contributed by atoms with van der Waals surface area (Å²) < 4.78 is 3.17. The van der Waals surface area contributed by atoms with E-state index in [1.54, 1.807) is 16.3 Å². The minimum atomic E-state index is -0.0288. The molecule has 0 bridgehead atoms. The fraction of sp³-hybridized carbons (Fsp3) is 0.158. The van der Waals surface area contributed by atoms with Crippen LogP contribution in [-0.4, -0.2) is 37.5 Å². The van der Waals surface area contributed by atoms with Crippen LogP contribution in [-0.2, 0) is 4.79 Å². The Kier molecular flexibility index (Phi) is 4.14. The van der Waals surface area contributed by atoms with E-state index in [2.05, 4.69) is 21.4 Å². The molecule has 3 heterocycles. The summed E-state index contributed by atoms with van der Waals surface area (Å²) in [5, 5.41) is 15.1. The van der Waals surface area contributed by atoms with Crippen molar-refractivity contribution in [2.75, 3.05) is 5.75 Å². The first kappa shape index (κ1) is 16.5. The molecule has 0 saturated heterocycles. The molecule has 1 atom stereocenters. The zero-order valence-electron chi connectivity index (χ0n) is 14.2. The third-order valence-corrected chi connectivity index (χ3v) is 6.43. The Morgan fingerprint density at radius 1 is 1.11 bits per heavy atom. The van der Waals surface area contributed by atoms with Gasteiger partial charge in [0, 0.05) is 12.6 Å². The second-order valence-corrected chi connectivity index (χ2v) is 8.11. The highest BCUT2D eigenvalue weighted by molar-refractivity contribution is 7.99. The topological polar surface area (TPSA) is 62.9 Å². The van der Waals surface area contributed by atoms with Gasteiger partial charge in [-0.25, -0.2) is 5.01 Å². The molecule has 2 aromatic carbocycles. The Hall–Kier alpha value is -2.71. The SMILES string of the molecule is O=C(CSc1nnc2sc3ccccc3n12)N1N=CCC1c1ccccc1. The molecule has 1 aliphatic heterocycles. The van der Waals surface area contributed by atoms with Crippen LogP contribution < -0.4 is 0 Å². The van der Waals surface area contributed by atoms with Crippen molar-refractivity contribution in [2.24, 2.45) is 5.10 Å². The Morgan fingerprint density at radius 2 is 1.93 bits per heavy atom. The molecule has 6 nitrogen and oxygen atoms in total. The van der Waals surface area contributed by atoms with Crippen molar-refractivity contribution >= 4 is 50.4 Å². The number of fused-ring (bicyclic) bond motifs is 3. The maximum absolute atomic E-state index is 12.8. The van der Waals surface area contributed by atoms with Crippen molar-refractivity contribution in [3.63, 3.8) is 0 Å². The number of para-hydroxylation sites is 1. The zero-order chi connectivity index (χ0) is 18.2. The van der Waals surface area contributed by atoms with Gasteiger partial charge in [-0.3, -0.25) is 9.20 Å². The third-order valence-electron chi connectivity index (χ3n) is 4.51. The molecule has 0 spiro atoms. The van der Waals surface area contributed by atoms with Gasteiger partial charge in [-0.05, 0) is 17.7 Å². The van der Waals surface area contributed by atoms with Crippen molar-refractivity contribution in [1.29, 1.82) is 0 Å². The van der Waals surface area contributed by atoms with E-state index < -0.39 is 0 Å². The second-order valence-electron chi connectivity index (χ2n) is 6.16. The summed E-state index contributed by atoms with van der Waals surface area (Å²) in [7, 11) is 0. The number of benzene rings is 2. The molecule has 2 aromatic heterocycles. The molecule has 0 saturated carbocycles. The molecule has 8 heteroatoms. The molecular formula is C19H15N5OS2. The third kappa shape index (κ3) is 2.90. The van der Waals surface area contributed by atoms with Gasteiger partial charge in [-0.2, -0.15) is 5.10 Å². The number of hydrogen-bond donors (Lipinski definition) is 0. The molecule has 1 amide bonds. The van der Waals surface area contributed by atoms with E-state index in [1.807, 2.05) is 59.1 Å².